The highest BCUT2D eigenvalue weighted by molar-refractivity contribution is 6.06. The van der Waals surface area contributed by atoms with Gasteiger partial charge >= 0.3 is 5.97 Å². The largest absolute Gasteiger partial charge is 0.480 e. The monoisotopic (exact) mass is 298 g/mol. The zero-order valence-electron chi connectivity index (χ0n) is 12.2. The molecule has 0 aliphatic heterocycles. The predicted octanol–water partition coefficient (Wildman–Crippen LogP) is 2.75. The number of pyridine rings is 1. The Bertz CT molecular complexity index is 715. The van der Waals surface area contributed by atoms with Crippen LogP contribution < -0.4 is 5.32 Å². The summed E-state index contributed by atoms with van der Waals surface area (Å²) in [5.41, 5.74) is -0.877. The Labute approximate surface area is 128 Å². The van der Waals surface area contributed by atoms with Gasteiger partial charge in [0.25, 0.3) is 5.91 Å². The van der Waals surface area contributed by atoms with Gasteiger partial charge in [-0.1, -0.05) is 43.5 Å². The van der Waals surface area contributed by atoms with Crippen LogP contribution in [0.5, 0.6) is 0 Å². The van der Waals surface area contributed by atoms with E-state index in [0.717, 1.165) is 30.0 Å². The van der Waals surface area contributed by atoms with Crippen LogP contribution in [0.3, 0.4) is 0 Å². The maximum Gasteiger partial charge on any atom is 0.329 e. The maximum atomic E-state index is 12.6. The predicted molar refractivity (Wildman–Crippen MR) is 82.7 cm³/mol. The molecule has 1 aliphatic rings. The van der Waals surface area contributed by atoms with Crippen molar-refractivity contribution in [3.05, 3.63) is 42.2 Å². The number of hydrogen-bond donors (Lipinski definition) is 2. The molecule has 1 amide bonds. The van der Waals surface area contributed by atoms with Crippen LogP contribution in [0, 0.1) is 0 Å². The van der Waals surface area contributed by atoms with E-state index in [9.17, 15) is 14.7 Å². The molecular weight excluding hydrogens is 280 g/mol. The summed E-state index contributed by atoms with van der Waals surface area (Å²) >= 11 is 0. The van der Waals surface area contributed by atoms with Crippen molar-refractivity contribution in [2.45, 2.75) is 37.6 Å². The van der Waals surface area contributed by atoms with Crippen molar-refractivity contribution in [1.29, 1.82) is 0 Å². The van der Waals surface area contributed by atoms with E-state index in [-0.39, 0.29) is 5.69 Å². The molecule has 0 saturated heterocycles. The van der Waals surface area contributed by atoms with Gasteiger partial charge in [0.15, 0.2) is 0 Å². The molecule has 22 heavy (non-hydrogen) atoms. The lowest BCUT2D eigenvalue weighted by Crippen LogP contribution is -2.55. The first kappa shape index (κ1) is 14.5. The van der Waals surface area contributed by atoms with Crippen molar-refractivity contribution in [2.75, 3.05) is 0 Å². The lowest BCUT2D eigenvalue weighted by atomic mass is 9.81. The normalized spacial score (nSPS) is 17.1. The number of benzene rings is 1. The second kappa shape index (κ2) is 5.75. The third-order valence-electron chi connectivity index (χ3n) is 4.36. The van der Waals surface area contributed by atoms with Crippen molar-refractivity contribution in [3.8, 4) is 0 Å². The van der Waals surface area contributed by atoms with E-state index in [1.54, 1.807) is 6.20 Å². The Morgan fingerprint density at radius 3 is 2.55 bits per heavy atom. The third kappa shape index (κ3) is 2.54. The minimum Gasteiger partial charge on any atom is -0.480 e. The van der Waals surface area contributed by atoms with E-state index in [2.05, 4.69) is 10.3 Å². The van der Waals surface area contributed by atoms with Gasteiger partial charge in [0, 0.05) is 11.6 Å². The zero-order chi connectivity index (χ0) is 15.6. The molecule has 1 aromatic heterocycles. The van der Waals surface area contributed by atoms with Gasteiger partial charge in [-0.25, -0.2) is 4.79 Å². The number of carboxylic acid groups (broad SMARTS) is 1. The van der Waals surface area contributed by atoms with Gasteiger partial charge in [-0.2, -0.15) is 0 Å². The molecule has 0 unspecified atom stereocenters. The van der Waals surface area contributed by atoms with E-state index in [4.69, 9.17) is 0 Å². The minimum atomic E-state index is -1.16. The van der Waals surface area contributed by atoms with Gasteiger partial charge < -0.3 is 10.4 Å². The summed E-state index contributed by atoms with van der Waals surface area (Å²) in [4.78, 5) is 28.4. The molecule has 1 saturated carbocycles. The van der Waals surface area contributed by atoms with Crippen molar-refractivity contribution < 1.29 is 14.7 Å². The summed E-state index contributed by atoms with van der Waals surface area (Å²) < 4.78 is 0. The van der Waals surface area contributed by atoms with Crippen LogP contribution in [0.4, 0.5) is 0 Å². The molecule has 5 nitrogen and oxygen atoms in total. The Kier molecular flexibility index (Phi) is 3.79. The zero-order valence-corrected chi connectivity index (χ0v) is 12.2. The summed E-state index contributed by atoms with van der Waals surface area (Å²) in [6.07, 6.45) is 5.16. The molecule has 2 aromatic rings. The van der Waals surface area contributed by atoms with Gasteiger partial charge in [-0.15, -0.1) is 0 Å². The number of amides is 1. The molecule has 0 bridgehead atoms. The SMILES string of the molecule is O=C(NC1(C(=O)O)CCCCC1)c1nccc2ccccc12. The number of nitrogens with zero attached hydrogens (tertiary/aromatic N) is 1. The maximum absolute atomic E-state index is 12.6. The fourth-order valence-electron chi connectivity index (χ4n) is 3.12. The first-order valence-corrected chi connectivity index (χ1v) is 7.52. The second-order valence-corrected chi connectivity index (χ2v) is 5.78. The fraction of sp³-hybridized carbons (Fsp3) is 0.353. The molecule has 1 aromatic carbocycles. The van der Waals surface area contributed by atoms with Crippen LogP contribution in [-0.4, -0.2) is 27.5 Å². The van der Waals surface area contributed by atoms with Gasteiger partial charge in [-0.3, -0.25) is 9.78 Å². The highest BCUT2D eigenvalue weighted by Gasteiger charge is 2.41. The summed E-state index contributed by atoms with van der Waals surface area (Å²) in [5.74, 6) is -1.37. The van der Waals surface area contributed by atoms with E-state index in [1.165, 1.54) is 0 Å². The van der Waals surface area contributed by atoms with Crippen LogP contribution >= 0.6 is 0 Å². The molecule has 3 rings (SSSR count). The summed E-state index contributed by atoms with van der Waals surface area (Å²) in [7, 11) is 0. The molecular formula is C17H18N2O3. The van der Waals surface area contributed by atoms with E-state index in [0.29, 0.717) is 12.8 Å². The smallest absolute Gasteiger partial charge is 0.329 e. The Hall–Kier alpha value is -2.43. The van der Waals surface area contributed by atoms with E-state index in [1.807, 2.05) is 30.3 Å². The van der Waals surface area contributed by atoms with Gasteiger partial charge in [0.2, 0.25) is 0 Å². The number of fused-ring (bicyclic) bond motifs is 1. The van der Waals surface area contributed by atoms with Crippen LogP contribution in [0.25, 0.3) is 10.8 Å². The van der Waals surface area contributed by atoms with Crippen molar-refractivity contribution in [1.82, 2.24) is 10.3 Å². The number of aromatic nitrogens is 1. The van der Waals surface area contributed by atoms with Crippen LogP contribution in [0.1, 0.15) is 42.6 Å². The highest BCUT2D eigenvalue weighted by Crippen LogP contribution is 2.29. The number of aliphatic carboxylic acids is 1. The van der Waals surface area contributed by atoms with Gasteiger partial charge in [0.1, 0.15) is 11.2 Å². The summed E-state index contributed by atoms with van der Waals surface area (Å²) in [6, 6.07) is 9.30. The summed E-state index contributed by atoms with van der Waals surface area (Å²) in [5, 5.41) is 13.9. The fourth-order valence-corrected chi connectivity index (χ4v) is 3.12. The molecule has 1 fully saturated rings. The first-order valence-electron chi connectivity index (χ1n) is 7.52. The second-order valence-electron chi connectivity index (χ2n) is 5.78. The van der Waals surface area contributed by atoms with Gasteiger partial charge in [0.05, 0.1) is 0 Å². The number of rotatable bonds is 3. The van der Waals surface area contributed by atoms with E-state index >= 15 is 0 Å². The van der Waals surface area contributed by atoms with Crippen LogP contribution in [0.2, 0.25) is 0 Å². The van der Waals surface area contributed by atoms with Crippen molar-refractivity contribution in [3.63, 3.8) is 0 Å². The Morgan fingerprint density at radius 1 is 1.09 bits per heavy atom. The molecule has 1 aliphatic carbocycles. The third-order valence-corrected chi connectivity index (χ3v) is 4.36. The number of carbonyl (C=O) groups excluding carboxylic acids is 1. The Balaban J connectivity index is 1.94. The lowest BCUT2D eigenvalue weighted by Gasteiger charge is -2.33. The average molecular weight is 298 g/mol. The molecule has 0 atom stereocenters. The molecule has 1 heterocycles. The molecule has 5 heteroatoms. The van der Waals surface area contributed by atoms with E-state index < -0.39 is 17.4 Å². The number of hydrogen-bond acceptors (Lipinski definition) is 3. The molecule has 114 valence electrons. The number of carboxylic acids is 1. The molecule has 0 spiro atoms. The highest BCUT2D eigenvalue weighted by atomic mass is 16.4. The van der Waals surface area contributed by atoms with Gasteiger partial charge in [-0.05, 0) is 24.3 Å². The van der Waals surface area contributed by atoms with Crippen molar-refractivity contribution in [2.24, 2.45) is 0 Å². The van der Waals surface area contributed by atoms with Crippen LogP contribution in [-0.2, 0) is 4.79 Å². The number of carbonyl (C=O) groups is 2. The number of nitrogens with one attached hydrogen (secondary N) is 1. The van der Waals surface area contributed by atoms with Crippen LogP contribution in [0.15, 0.2) is 36.5 Å². The molecule has 2 N–H and O–H groups in total. The lowest BCUT2D eigenvalue weighted by molar-refractivity contribution is -0.145. The summed E-state index contributed by atoms with van der Waals surface area (Å²) in [6.45, 7) is 0. The standard InChI is InChI=1S/C17H18N2O3/c20-15(19-17(16(21)22)9-4-1-5-10-17)14-13-7-3-2-6-12(13)8-11-18-14/h2-3,6-8,11H,1,4-5,9-10H2,(H,19,20)(H,21,22). The average Bonchev–Trinajstić information content (AvgIpc) is 2.55. The minimum absolute atomic E-state index is 0.282. The molecule has 0 radical (unpaired) electrons. The Morgan fingerprint density at radius 2 is 1.82 bits per heavy atom. The first-order chi connectivity index (χ1) is 10.6. The topological polar surface area (TPSA) is 79.3 Å². The quantitative estimate of drug-likeness (QED) is 0.913. The van der Waals surface area contributed by atoms with Crippen molar-refractivity contribution >= 4 is 22.6 Å².